The van der Waals surface area contributed by atoms with Crippen LogP contribution in [0.5, 0.6) is 0 Å². The van der Waals surface area contributed by atoms with Gasteiger partial charge >= 0.3 is 0 Å². The number of aliphatic imine (C=N–C) groups is 1. The first kappa shape index (κ1) is 16.7. The molecule has 1 rings (SSSR count). The molecular weight excluding hydrogens is 300 g/mol. The minimum absolute atomic E-state index is 0.149. The predicted molar refractivity (Wildman–Crippen MR) is 82.2 cm³/mol. The lowest BCUT2D eigenvalue weighted by Crippen LogP contribution is -2.40. The summed E-state index contributed by atoms with van der Waals surface area (Å²) < 4.78 is 21.7. The molecule has 0 atom stereocenters. The average Bonchev–Trinajstić information content (AvgIpc) is 2.36. The monoisotopic (exact) mass is 318 g/mol. The van der Waals surface area contributed by atoms with Crippen molar-refractivity contribution in [3.8, 4) is 0 Å². The molecule has 8 heteroatoms. The molecule has 0 aliphatic rings. The van der Waals surface area contributed by atoms with Crippen LogP contribution in [-0.4, -0.2) is 33.2 Å². The first-order chi connectivity index (χ1) is 9.42. The molecule has 0 saturated carbocycles. The molecule has 0 aromatic heterocycles. The highest BCUT2D eigenvalue weighted by Gasteiger charge is 2.04. The zero-order valence-electron chi connectivity index (χ0n) is 11.3. The lowest BCUT2D eigenvalue weighted by Gasteiger charge is -2.11. The molecule has 4 N–H and O–H groups in total. The van der Waals surface area contributed by atoms with Gasteiger partial charge in [0, 0.05) is 18.1 Å². The number of halogens is 1. The lowest BCUT2D eigenvalue weighted by molar-refractivity contribution is 0.596. The van der Waals surface area contributed by atoms with E-state index in [4.69, 9.17) is 16.7 Å². The van der Waals surface area contributed by atoms with Gasteiger partial charge in [-0.15, -0.1) is 0 Å². The van der Waals surface area contributed by atoms with E-state index < -0.39 is 10.0 Å². The van der Waals surface area contributed by atoms with Gasteiger partial charge in [-0.1, -0.05) is 29.8 Å². The van der Waals surface area contributed by atoms with E-state index in [2.05, 4.69) is 15.6 Å². The van der Waals surface area contributed by atoms with E-state index in [-0.39, 0.29) is 12.3 Å². The van der Waals surface area contributed by atoms with Gasteiger partial charge in [0.05, 0.1) is 12.3 Å². The third-order valence-electron chi connectivity index (χ3n) is 2.39. The van der Waals surface area contributed by atoms with Crippen LogP contribution in [0.3, 0.4) is 0 Å². The predicted octanol–water partition coefficient (Wildman–Crippen LogP) is 0.684. The number of nitrogens with one attached hydrogen (secondary N) is 2. The molecule has 112 valence electrons. The highest BCUT2D eigenvalue weighted by Crippen LogP contribution is 2.15. The fraction of sp³-hybridized carbons (Fsp3) is 0.417. The van der Waals surface area contributed by atoms with E-state index in [0.717, 1.165) is 5.56 Å². The van der Waals surface area contributed by atoms with Crippen LogP contribution in [0.4, 0.5) is 0 Å². The second kappa shape index (κ2) is 8.08. The summed E-state index contributed by atoms with van der Waals surface area (Å²) >= 11 is 6.04. The third kappa shape index (κ3) is 6.74. The van der Waals surface area contributed by atoms with Crippen LogP contribution in [0.2, 0.25) is 5.02 Å². The third-order valence-corrected chi connectivity index (χ3v) is 3.53. The normalized spacial score (nSPS) is 12.2. The number of hydrogen-bond donors (Lipinski definition) is 3. The van der Waals surface area contributed by atoms with E-state index in [1.165, 1.54) is 0 Å². The standard InChI is InChI=1S/C12H19ClN4O2S/c1-2-15-12(16-7-8-20(14,18)19)17-9-10-5-3-4-6-11(10)13/h3-6H,2,7-9H2,1H3,(H2,14,18,19)(H2,15,16,17). The Balaban J connectivity index is 2.61. The van der Waals surface area contributed by atoms with Crippen molar-refractivity contribution in [2.45, 2.75) is 13.5 Å². The Hall–Kier alpha value is -1.31. The van der Waals surface area contributed by atoms with Crippen molar-refractivity contribution in [1.82, 2.24) is 10.6 Å². The van der Waals surface area contributed by atoms with Crippen LogP contribution in [0.1, 0.15) is 12.5 Å². The molecule has 0 aliphatic heterocycles. The number of nitrogens with zero attached hydrogens (tertiary/aromatic N) is 1. The maximum Gasteiger partial charge on any atom is 0.210 e. The summed E-state index contributed by atoms with van der Waals surface area (Å²) in [5, 5.41) is 11.5. The number of guanidine groups is 1. The zero-order chi connectivity index (χ0) is 15.0. The molecule has 0 fully saturated rings. The van der Waals surface area contributed by atoms with Crippen molar-refractivity contribution in [3.63, 3.8) is 0 Å². The summed E-state index contributed by atoms with van der Waals surface area (Å²) in [6, 6.07) is 7.43. The fourth-order valence-corrected chi connectivity index (χ4v) is 2.03. The van der Waals surface area contributed by atoms with Crippen molar-refractivity contribution in [2.24, 2.45) is 10.1 Å². The molecule has 0 amide bonds. The van der Waals surface area contributed by atoms with E-state index >= 15 is 0 Å². The van der Waals surface area contributed by atoms with Crippen LogP contribution in [0.25, 0.3) is 0 Å². The topological polar surface area (TPSA) is 96.6 Å². The molecule has 0 bridgehead atoms. The van der Waals surface area contributed by atoms with Gasteiger partial charge in [0.15, 0.2) is 5.96 Å². The zero-order valence-corrected chi connectivity index (χ0v) is 12.8. The van der Waals surface area contributed by atoms with Gasteiger partial charge in [0.2, 0.25) is 10.0 Å². The molecular formula is C12H19ClN4O2S. The van der Waals surface area contributed by atoms with Gasteiger partial charge in [-0.25, -0.2) is 18.5 Å². The molecule has 0 heterocycles. The van der Waals surface area contributed by atoms with Crippen LogP contribution < -0.4 is 15.8 Å². The molecule has 0 radical (unpaired) electrons. The second-order valence-corrected chi connectivity index (χ2v) is 6.22. The number of hydrogen-bond acceptors (Lipinski definition) is 3. The Labute approximate surface area is 124 Å². The molecule has 20 heavy (non-hydrogen) atoms. The fourth-order valence-electron chi connectivity index (χ4n) is 1.44. The summed E-state index contributed by atoms with van der Waals surface area (Å²) in [4.78, 5) is 4.34. The number of nitrogens with two attached hydrogens (primary N) is 1. The van der Waals surface area contributed by atoms with Crippen LogP contribution in [-0.2, 0) is 16.6 Å². The molecule has 0 spiro atoms. The van der Waals surface area contributed by atoms with E-state index in [0.29, 0.717) is 24.1 Å². The Morgan fingerprint density at radius 3 is 2.65 bits per heavy atom. The first-order valence-electron chi connectivity index (χ1n) is 6.18. The lowest BCUT2D eigenvalue weighted by atomic mass is 10.2. The van der Waals surface area contributed by atoms with Crippen molar-refractivity contribution in [2.75, 3.05) is 18.8 Å². The minimum atomic E-state index is -3.47. The quantitative estimate of drug-likeness (QED) is 0.531. The van der Waals surface area contributed by atoms with Gasteiger partial charge in [-0.2, -0.15) is 0 Å². The van der Waals surface area contributed by atoms with Crippen LogP contribution in [0, 0.1) is 0 Å². The Morgan fingerprint density at radius 2 is 2.05 bits per heavy atom. The smallest absolute Gasteiger partial charge is 0.210 e. The molecule has 0 unspecified atom stereocenters. The van der Waals surface area contributed by atoms with E-state index in [1.807, 2.05) is 25.1 Å². The SMILES string of the molecule is CCNC(=NCc1ccccc1Cl)NCCS(N)(=O)=O. The molecule has 6 nitrogen and oxygen atoms in total. The maximum absolute atomic E-state index is 10.9. The molecule has 1 aromatic carbocycles. The highest BCUT2D eigenvalue weighted by molar-refractivity contribution is 7.89. The minimum Gasteiger partial charge on any atom is -0.357 e. The summed E-state index contributed by atoms with van der Waals surface area (Å²) in [6.07, 6.45) is 0. The van der Waals surface area contributed by atoms with Crippen LogP contribution >= 0.6 is 11.6 Å². The van der Waals surface area contributed by atoms with Gasteiger partial charge in [-0.05, 0) is 18.6 Å². The maximum atomic E-state index is 10.9. The summed E-state index contributed by atoms with van der Waals surface area (Å²) in [7, 11) is -3.47. The van der Waals surface area contributed by atoms with Crippen LogP contribution in [0.15, 0.2) is 29.3 Å². The molecule has 1 aromatic rings. The van der Waals surface area contributed by atoms with Gasteiger partial charge in [0.25, 0.3) is 0 Å². The number of sulfonamides is 1. The van der Waals surface area contributed by atoms with Crippen molar-refractivity contribution in [3.05, 3.63) is 34.9 Å². The number of benzene rings is 1. The highest BCUT2D eigenvalue weighted by atomic mass is 35.5. The summed E-state index contributed by atoms with van der Waals surface area (Å²) in [5.41, 5.74) is 0.901. The summed E-state index contributed by atoms with van der Waals surface area (Å²) in [5.74, 6) is 0.375. The Morgan fingerprint density at radius 1 is 1.35 bits per heavy atom. The first-order valence-corrected chi connectivity index (χ1v) is 8.28. The number of rotatable bonds is 6. The number of primary sulfonamides is 1. The van der Waals surface area contributed by atoms with Crippen molar-refractivity contribution in [1.29, 1.82) is 0 Å². The second-order valence-electron chi connectivity index (χ2n) is 4.08. The Kier molecular flexibility index (Phi) is 6.77. The van der Waals surface area contributed by atoms with Gasteiger partial charge < -0.3 is 10.6 Å². The van der Waals surface area contributed by atoms with E-state index in [1.54, 1.807) is 6.07 Å². The summed E-state index contributed by atoms with van der Waals surface area (Å²) in [6.45, 7) is 3.20. The van der Waals surface area contributed by atoms with E-state index in [9.17, 15) is 8.42 Å². The van der Waals surface area contributed by atoms with Crippen molar-refractivity contribution >= 4 is 27.6 Å². The van der Waals surface area contributed by atoms with Gasteiger partial charge in [-0.3, -0.25) is 0 Å². The van der Waals surface area contributed by atoms with Gasteiger partial charge in [0.1, 0.15) is 0 Å². The molecule has 0 saturated heterocycles. The van der Waals surface area contributed by atoms with Crippen molar-refractivity contribution < 1.29 is 8.42 Å². The Bertz CT molecular complexity index is 560. The average molecular weight is 319 g/mol. The largest absolute Gasteiger partial charge is 0.357 e. The molecule has 0 aliphatic carbocycles.